The Kier molecular flexibility index (Phi) is 6.55. The van der Waals surface area contributed by atoms with Crippen molar-refractivity contribution < 1.29 is 9.53 Å². The highest BCUT2D eigenvalue weighted by molar-refractivity contribution is 5.95. The van der Waals surface area contributed by atoms with E-state index in [9.17, 15) is 4.79 Å². The van der Waals surface area contributed by atoms with Crippen LogP contribution in [0.1, 0.15) is 51.0 Å². The minimum absolute atomic E-state index is 0.298. The van der Waals surface area contributed by atoms with Crippen molar-refractivity contribution in [1.29, 1.82) is 0 Å². The van der Waals surface area contributed by atoms with Gasteiger partial charge in [0.25, 0.3) is 0 Å². The Balaban J connectivity index is 1.34. The van der Waals surface area contributed by atoms with E-state index in [0.29, 0.717) is 5.56 Å². The monoisotopic (exact) mass is 447 g/mol. The number of likely N-dealkylation sites (tertiary alicyclic amines) is 1. The van der Waals surface area contributed by atoms with Crippen LogP contribution in [0.3, 0.4) is 0 Å². The van der Waals surface area contributed by atoms with Gasteiger partial charge < -0.3 is 4.74 Å². The minimum Gasteiger partial charge on any atom is -0.465 e. The summed E-state index contributed by atoms with van der Waals surface area (Å²) in [5.41, 5.74) is 9.71. The van der Waals surface area contributed by atoms with Gasteiger partial charge in [0.2, 0.25) is 0 Å². The standard InChI is InChI=1S/C31H29NO2/c1-34-31(33)29-15-7-4-9-23(29)12-8-20-32-21-18-26(19-22-32)30-27-13-5-2-10-24(27)16-17-25-11-3-6-14-28(25)30/h2-17H,18-22H2,1H3. The number of fused-ring (bicyclic) bond motifs is 2. The van der Waals surface area contributed by atoms with E-state index < -0.39 is 0 Å². The first-order valence-electron chi connectivity index (χ1n) is 11.9. The quantitative estimate of drug-likeness (QED) is 0.332. The van der Waals surface area contributed by atoms with Crippen molar-refractivity contribution >= 4 is 29.8 Å². The molecule has 3 heteroatoms. The molecule has 3 aromatic rings. The van der Waals surface area contributed by atoms with Gasteiger partial charge in [-0.3, -0.25) is 4.90 Å². The number of hydrogen-bond acceptors (Lipinski definition) is 3. The molecule has 0 bridgehead atoms. The van der Waals surface area contributed by atoms with Crippen molar-refractivity contribution in [1.82, 2.24) is 4.90 Å². The Labute approximate surface area is 201 Å². The zero-order valence-electron chi connectivity index (χ0n) is 19.5. The van der Waals surface area contributed by atoms with Crippen molar-refractivity contribution in [2.24, 2.45) is 0 Å². The lowest BCUT2D eigenvalue weighted by Gasteiger charge is -2.29. The van der Waals surface area contributed by atoms with E-state index in [4.69, 9.17) is 4.74 Å². The van der Waals surface area contributed by atoms with Crippen molar-refractivity contribution in [3.8, 4) is 0 Å². The Morgan fingerprint density at radius 1 is 0.853 bits per heavy atom. The number of rotatable bonds is 4. The molecule has 0 unspecified atom stereocenters. The van der Waals surface area contributed by atoms with Crippen LogP contribution in [0.2, 0.25) is 0 Å². The van der Waals surface area contributed by atoms with Crippen LogP contribution in [0.4, 0.5) is 0 Å². The highest BCUT2D eigenvalue weighted by Crippen LogP contribution is 2.38. The number of piperidine rings is 1. The van der Waals surface area contributed by atoms with Crippen LogP contribution in [-0.2, 0) is 4.74 Å². The largest absolute Gasteiger partial charge is 0.465 e. The molecular formula is C31H29NO2. The molecular weight excluding hydrogens is 418 g/mol. The Bertz CT molecular complexity index is 1240. The van der Waals surface area contributed by atoms with Crippen LogP contribution in [0.25, 0.3) is 23.8 Å². The number of benzene rings is 3. The zero-order chi connectivity index (χ0) is 23.3. The molecule has 0 aromatic heterocycles. The summed E-state index contributed by atoms with van der Waals surface area (Å²) >= 11 is 0. The second kappa shape index (κ2) is 10.1. The summed E-state index contributed by atoms with van der Waals surface area (Å²) in [7, 11) is 1.42. The Hall–Kier alpha value is -3.69. The predicted octanol–water partition coefficient (Wildman–Crippen LogP) is 6.57. The average Bonchev–Trinajstić information content (AvgIpc) is 3.06. The summed E-state index contributed by atoms with van der Waals surface area (Å²) in [6.45, 7) is 2.92. The average molecular weight is 448 g/mol. The molecule has 0 saturated carbocycles. The topological polar surface area (TPSA) is 29.5 Å². The van der Waals surface area contributed by atoms with E-state index >= 15 is 0 Å². The maximum atomic E-state index is 12.0. The van der Waals surface area contributed by atoms with Gasteiger partial charge in [-0.1, -0.05) is 96.6 Å². The van der Waals surface area contributed by atoms with Gasteiger partial charge in [0.05, 0.1) is 12.7 Å². The molecule has 1 fully saturated rings. The lowest BCUT2D eigenvalue weighted by molar-refractivity contribution is 0.0600. The van der Waals surface area contributed by atoms with E-state index in [1.807, 2.05) is 30.3 Å². The summed E-state index contributed by atoms with van der Waals surface area (Å²) < 4.78 is 4.91. The molecule has 1 aliphatic carbocycles. The first-order chi connectivity index (χ1) is 16.7. The van der Waals surface area contributed by atoms with Gasteiger partial charge in [0.1, 0.15) is 0 Å². The second-order valence-corrected chi connectivity index (χ2v) is 8.77. The summed E-state index contributed by atoms with van der Waals surface area (Å²) in [5, 5.41) is 0. The lowest BCUT2D eigenvalue weighted by Crippen LogP contribution is -2.31. The second-order valence-electron chi connectivity index (χ2n) is 8.77. The molecule has 2 aliphatic rings. The molecule has 5 rings (SSSR count). The van der Waals surface area contributed by atoms with Crippen LogP contribution in [0, 0.1) is 0 Å². The smallest absolute Gasteiger partial charge is 0.338 e. The van der Waals surface area contributed by atoms with Crippen molar-refractivity contribution in [2.75, 3.05) is 26.7 Å². The molecule has 1 heterocycles. The third-order valence-electron chi connectivity index (χ3n) is 6.74. The summed E-state index contributed by atoms with van der Waals surface area (Å²) in [5.74, 6) is -0.298. The summed E-state index contributed by atoms with van der Waals surface area (Å²) in [6.07, 6.45) is 10.8. The molecule has 3 nitrogen and oxygen atoms in total. The van der Waals surface area contributed by atoms with E-state index in [1.54, 1.807) is 5.57 Å². The molecule has 170 valence electrons. The first kappa shape index (κ1) is 22.1. The number of hydrogen-bond donors (Lipinski definition) is 0. The number of carbonyl (C=O) groups excluding carboxylic acids is 1. The van der Waals surface area contributed by atoms with Crippen LogP contribution < -0.4 is 0 Å². The van der Waals surface area contributed by atoms with Crippen LogP contribution in [-0.4, -0.2) is 37.6 Å². The number of carbonyl (C=O) groups is 1. The Morgan fingerprint density at radius 3 is 2.09 bits per heavy atom. The SMILES string of the molecule is COC(=O)c1ccccc1C=CCN1CCC(=C2c3ccccc3C=Cc3ccccc32)CC1. The van der Waals surface area contributed by atoms with Crippen molar-refractivity contribution in [3.63, 3.8) is 0 Å². The first-order valence-corrected chi connectivity index (χ1v) is 11.9. The summed E-state index contributed by atoms with van der Waals surface area (Å²) in [6, 6.07) is 25.1. The van der Waals surface area contributed by atoms with Crippen molar-refractivity contribution in [3.05, 3.63) is 118 Å². The van der Waals surface area contributed by atoms with E-state index in [0.717, 1.165) is 38.0 Å². The molecule has 0 amide bonds. The molecule has 34 heavy (non-hydrogen) atoms. The fourth-order valence-corrected chi connectivity index (χ4v) is 4.97. The van der Waals surface area contributed by atoms with E-state index in [1.165, 1.54) is 34.9 Å². The number of methoxy groups -OCH3 is 1. The van der Waals surface area contributed by atoms with Gasteiger partial charge in [-0.05, 0) is 52.3 Å². The van der Waals surface area contributed by atoms with Crippen LogP contribution in [0.15, 0.2) is 84.4 Å². The molecule has 0 radical (unpaired) electrons. The molecule has 0 N–H and O–H groups in total. The van der Waals surface area contributed by atoms with Gasteiger partial charge in [-0.2, -0.15) is 0 Å². The lowest BCUT2D eigenvalue weighted by atomic mass is 9.86. The van der Waals surface area contributed by atoms with E-state index in [-0.39, 0.29) is 5.97 Å². The maximum Gasteiger partial charge on any atom is 0.338 e. The maximum absolute atomic E-state index is 12.0. The fourth-order valence-electron chi connectivity index (χ4n) is 4.97. The number of nitrogens with zero attached hydrogens (tertiary/aromatic N) is 1. The predicted molar refractivity (Wildman–Crippen MR) is 140 cm³/mol. The summed E-state index contributed by atoms with van der Waals surface area (Å²) in [4.78, 5) is 14.5. The van der Waals surface area contributed by atoms with Crippen LogP contribution >= 0.6 is 0 Å². The van der Waals surface area contributed by atoms with Gasteiger partial charge in [0, 0.05) is 19.6 Å². The molecule has 1 saturated heterocycles. The highest BCUT2D eigenvalue weighted by atomic mass is 16.5. The third-order valence-corrected chi connectivity index (χ3v) is 6.74. The van der Waals surface area contributed by atoms with Gasteiger partial charge in [-0.25, -0.2) is 4.79 Å². The van der Waals surface area contributed by atoms with E-state index in [2.05, 4.69) is 71.7 Å². The zero-order valence-corrected chi connectivity index (χ0v) is 19.5. The van der Waals surface area contributed by atoms with Crippen molar-refractivity contribution in [2.45, 2.75) is 12.8 Å². The highest BCUT2D eigenvalue weighted by Gasteiger charge is 2.22. The molecule has 0 spiro atoms. The van der Waals surface area contributed by atoms with Gasteiger partial charge >= 0.3 is 5.97 Å². The third kappa shape index (κ3) is 4.52. The molecule has 0 atom stereocenters. The van der Waals surface area contributed by atoms with Gasteiger partial charge in [-0.15, -0.1) is 0 Å². The van der Waals surface area contributed by atoms with Gasteiger partial charge in [0.15, 0.2) is 0 Å². The number of ether oxygens (including phenoxy) is 1. The van der Waals surface area contributed by atoms with Crippen LogP contribution in [0.5, 0.6) is 0 Å². The normalized spacial score (nSPS) is 15.7. The molecule has 3 aromatic carbocycles. The Morgan fingerprint density at radius 2 is 1.44 bits per heavy atom. The fraction of sp³-hybridized carbons (Fsp3) is 0.194. The molecule has 1 aliphatic heterocycles. The number of esters is 1. The minimum atomic E-state index is -0.298.